The van der Waals surface area contributed by atoms with Crippen molar-refractivity contribution in [2.75, 3.05) is 12.9 Å². The van der Waals surface area contributed by atoms with E-state index in [1.165, 1.54) is 19.2 Å². The Morgan fingerprint density at radius 1 is 1.07 bits per heavy atom. The molecule has 1 aromatic rings. The number of halogens is 10. The van der Waals surface area contributed by atoms with E-state index in [0.717, 1.165) is 0 Å². The van der Waals surface area contributed by atoms with Crippen LogP contribution in [0.25, 0.3) is 0 Å². The normalized spacial score (nSPS) is 23.6. The molecule has 0 amide bonds. The van der Waals surface area contributed by atoms with Crippen LogP contribution in [0.2, 0.25) is 0 Å². The summed E-state index contributed by atoms with van der Waals surface area (Å²) in [5, 5.41) is -0.937. The number of hydrogen-bond acceptors (Lipinski definition) is 1. The van der Waals surface area contributed by atoms with Crippen molar-refractivity contribution in [3.63, 3.8) is 0 Å². The van der Waals surface area contributed by atoms with Gasteiger partial charge in [-0.05, 0) is 23.8 Å². The van der Waals surface area contributed by atoms with Gasteiger partial charge in [-0.15, -0.1) is 13.2 Å². The van der Waals surface area contributed by atoms with E-state index in [4.69, 9.17) is 16.3 Å². The first kappa shape index (κ1) is 25.5. The third-order valence-electron chi connectivity index (χ3n) is 3.15. The van der Waals surface area contributed by atoms with Crippen molar-refractivity contribution in [1.82, 2.24) is 0 Å². The Bertz CT molecular complexity index is 720. The summed E-state index contributed by atoms with van der Waals surface area (Å²) in [6.07, 6.45) is 5.30. The molecule has 2 unspecified atom stereocenters. The van der Waals surface area contributed by atoms with Crippen LogP contribution in [0.4, 0.5) is 30.0 Å². The number of benzene rings is 1. The van der Waals surface area contributed by atoms with Gasteiger partial charge in [0, 0.05) is 13.5 Å². The molecule has 28 heavy (non-hydrogen) atoms. The van der Waals surface area contributed by atoms with Crippen LogP contribution >= 0.6 is 11.6 Å². The minimum atomic E-state index is -11.2. The van der Waals surface area contributed by atoms with Gasteiger partial charge in [-0.3, -0.25) is 0 Å². The Hall–Kier alpha value is -0.512. The van der Waals surface area contributed by atoms with Crippen LogP contribution in [0.5, 0.6) is 0 Å². The molecule has 1 aliphatic rings. The van der Waals surface area contributed by atoms with E-state index in [-0.39, 0.29) is 5.75 Å². The molecular formula is C15H15ClF9OSSb. The van der Waals surface area contributed by atoms with Crippen molar-refractivity contribution in [3.8, 4) is 0 Å². The fourth-order valence-corrected chi connectivity index (χ4v) is 3.72. The fourth-order valence-electron chi connectivity index (χ4n) is 1.95. The molecule has 0 saturated heterocycles. The van der Waals surface area contributed by atoms with Gasteiger partial charge in [-0.2, -0.15) is 0 Å². The van der Waals surface area contributed by atoms with Crippen molar-refractivity contribution in [1.29, 1.82) is 0 Å². The summed E-state index contributed by atoms with van der Waals surface area (Å²) >= 11 is -5.16. The van der Waals surface area contributed by atoms with Gasteiger partial charge in [0.2, 0.25) is 0 Å². The van der Waals surface area contributed by atoms with Crippen LogP contribution in [0.3, 0.4) is 0 Å². The van der Waals surface area contributed by atoms with Crippen molar-refractivity contribution in [2.24, 2.45) is 0 Å². The molecule has 0 saturated carbocycles. The summed E-state index contributed by atoms with van der Waals surface area (Å²) in [4.78, 5) is 0.300. The van der Waals surface area contributed by atoms with Crippen molar-refractivity contribution in [2.45, 2.75) is 21.9 Å². The molecule has 0 heterocycles. The average Bonchev–Trinajstić information content (AvgIpc) is 2.51. The van der Waals surface area contributed by atoms with Gasteiger partial charge >= 0.3 is 41.9 Å². The van der Waals surface area contributed by atoms with Crippen LogP contribution in [-0.2, 0) is 15.6 Å². The second-order valence-electron chi connectivity index (χ2n) is 5.56. The molecule has 13 heteroatoms. The molecule has 1 aromatic carbocycles. The van der Waals surface area contributed by atoms with Crippen LogP contribution in [0, 0.1) is 0 Å². The first-order chi connectivity index (χ1) is 12.3. The zero-order valence-corrected chi connectivity index (χ0v) is 18.2. The molecule has 1 nitrogen and oxygen atoms in total. The average molecular weight is 572 g/mol. The third kappa shape index (κ3) is 11.5. The summed E-state index contributed by atoms with van der Waals surface area (Å²) in [5.74, 6) is -0.0688. The van der Waals surface area contributed by atoms with E-state index in [0.29, 0.717) is 16.9 Å². The molecule has 0 spiro atoms. The van der Waals surface area contributed by atoms with Crippen LogP contribution < -0.4 is 0 Å². The number of rotatable bonds is 4. The SMILES string of the molecule is COC1(Cl)C=CC(C[S+](c2ccccc2)C(F)(F)F)=CC1.[F][Sb-]([F])([F])([F])([F])[F]. The van der Waals surface area contributed by atoms with Gasteiger partial charge in [-0.1, -0.05) is 42.0 Å². The number of hydrogen-bond donors (Lipinski definition) is 0. The van der Waals surface area contributed by atoms with Gasteiger partial charge in [0.15, 0.2) is 9.96 Å². The van der Waals surface area contributed by atoms with Gasteiger partial charge < -0.3 is 4.74 Å². The molecule has 2 rings (SSSR count). The first-order valence-corrected chi connectivity index (χ1v) is 14.9. The number of alkyl halides is 4. The summed E-state index contributed by atoms with van der Waals surface area (Å²) < 4.78 is 105. The Balaban J connectivity index is 0.000000480. The topological polar surface area (TPSA) is 9.23 Å². The second-order valence-corrected chi connectivity index (χ2v) is 13.7. The Morgan fingerprint density at radius 3 is 1.93 bits per heavy atom. The van der Waals surface area contributed by atoms with Gasteiger partial charge in [-0.25, -0.2) is 0 Å². The molecule has 0 radical (unpaired) electrons. The molecule has 162 valence electrons. The van der Waals surface area contributed by atoms with E-state index < -0.39 is 40.9 Å². The van der Waals surface area contributed by atoms with Crippen molar-refractivity contribution >= 4 is 42.0 Å². The van der Waals surface area contributed by atoms with E-state index in [2.05, 4.69) is 0 Å². The van der Waals surface area contributed by atoms with Crippen LogP contribution in [0.1, 0.15) is 6.42 Å². The Morgan fingerprint density at radius 2 is 1.57 bits per heavy atom. The molecule has 0 fully saturated rings. The molecular weight excluding hydrogens is 556 g/mol. The molecule has 1 aliphatic carbocycles. The number of methoxy groups -OCH3 is 1. The Kier molecular flexibility index (Phi) is 7.26. The zero-order chi connectivity index (χ0) is 21.9. The molecule has 2 atom stereocenters. The van der Waals surface area contributed by atoms with Crippen LogP contribution in [0.15, 0.2) is 59.0 Å². The van der Waals surface area contributed by atoms with E-state index in [9.17, 15) is 30.0 Å². The van der Waals surface area contributed by atoms with Gasteiger partial charge in [0.05, 0.1) is 0 Å². The monoisotopic (exact) mass is 570 g/mol. The maximum absolute atomic E-state index is 13.3. The molecule has 0 N–H and O–H groups in total. The quantitative estimate of drug-likeness (QED) is 0.167. The minimum absolute atomic E-state index is 0.0688. The Labute approximate surface area is 165 Å². The molecule has 0 aromatic heterocycles. The second kappa shape index (κ2) is 7.96. The number of allylic oxidation sites excluding steroid dienone is 1. The molecule has 0 bridgehead atoms. The van der Waals surface area contributed by atoms with Crippen molar-refractivity contribution < 1.29 is 34.8 Å². The van der Waals surface area contributed by atoms with E-state index in [1.807, 2.05) is 0 Å². The predicted molar refractivity (Wildman–Crippen MR) is 92.8 cm³/mol. The summed E-state index contributed by atoms with van der Waals surface area (Å²) in [6.45, 7) is 0. The zero-order valence-electron chi connectivity index (χ0n) is 14.1. The van der Waals surface area contributed by atoms with Crippen LogP contribution in [-0.4, -0.2) is 42.9 Å². The summed E-state index contributed by atoms with van der Waals surface area (Å²) in [7, 11) is -0.360. The molecule has 0 aliphatic heterocycles. The number of ether oxygens (including phenoxy) is 1. The summed E-state index contributed by atoms with van der Waals surface area (Å²) in [6, 6.07) is 8.00. The first-order valence-electron chi connectivity index (χ1n) is 7.30. The van der Waals surface area contributed by atoms with E-state index in [1.54, 1.807) is 36.4 Å². The maximum atomic E-state index is 13.3. The standard InChI is InChI=1S/C15H15ClF3OS.6FH.Sb/c1-20-14(16)9-7-12(8-10-14)11-21(15(17,18)19)13-5-3-2-4-6-13;;;;;;;/h2-9H,10-11H2,1H3;6*1H;/q+1;;;;;;;+5/p-6. The van der Waals surface area contributed by atoms with E-state index >= 15 is 0 Å². The van der Waals surface area contributed by atoms with Crippen molar-refractivity contribution in [3.05, 3.63) is 54.1 Å². The third-order valence-corrected chi connectivity index (χ3v) is 5.60. The predicted octanol–water partition coefficient (Wildman–Crippen LogP) is 6.79. The summed E-state index contributed by atoms with van der Waals surface area (Å²) in [5.41, 5.74) is -3.62. The fraction of sp³-hybridized carbons (Fsp3) is 0.333. The van der Waals surface area contributed by atoms with Gasteiger partial charge in [0.1, 0.15) is 16.6 Å². The van der Waals surface area contributed by atoms with Gasteiger partial charge in [0.25, 0.3) is 0 Å².